The van der Waals surface area contributed by atoms with Crippen molar-refractivity contribution in [2.45, 2.75) is 44.7 Å². The van der Waals surface area contributed by atoms with Gasteiger partial charge in [-0.15, -0.1) is 11.3 Å². The van der Waals surface area contributed by atoms with E-state index in [0.717, 1.165) is 20.8 Å². The Morgan fingerprint density at radius 2 is 2.04 bits per heavy atom. The number of thiophene rings is 1. The Kier molecular flexibility index (Phi) is 4.85. The third-order valence-electron chi connectivity index (χ3n) is 4.39. The van der Waals surface area contributed by atoms with Crippen LogP contribution in [0.25, 0.3) is 10.2 Å². The number of carbonyl (C=O) groups is 1. The van der Waals surface area contributed by atoms with Crippen LogP contribution in [0.5, 0.6) is 0 Å². The average Bonchev–Trinajstić information content (AvgIpc) is 2.92. The minimum atomic E-state index is -3.04. The second-order valence-corrected chi connectivity index (χ2v) is 11.1. The molecule has 25 heavy (non-hydrogen) atoms. The first kappa shape index (κ1) is 18.6. The molecular weight excluding hydrogens is 378 g/mol. The van der Waals surface area contributed by atoms with Gasteiger partial charge in [0, 0.05) is 10.3 Å². The van der Waals surface area contributed by atoms with Crippen molar-refractivity contribution in [1.29, 1.82) is 0 Å². The number of rotatable bonds is 4. The molecule has 0 saturated carbocycles. The molecule has 0 spiro atoms. The van der Waals surface area contributed by atoms with Crippen LogP contribution >= 0.6 is 23.1 Å². The lowest BCUT2D eigenvalue weighted by molar-refractivity contribution is -0.120. The van der Waals surface area contributed by atoms with E-state index in [1.54, 1.807) is 18.3 Å². The molecule has 1 N–H and O–H groups in total. The van der Waals surface area contributed by atoms with E-state index in [4.69, 9.17) is 0 Å². The summed E-state index contributed by atoms with van der Waals surface area (Å²) in [4.78, 5) is 23.5. The molecule has 1 atom stereocenters. The van der Waals surface area contributed by atoms with Gasteiger partial charge in [-0.1, -0.05) is 11.8 Å². The maximum Gasteiger partial charge on any atom is 0.230 e. The molecule has 1 fully saturated rings. The maximum atomic E-state index is 12.3. The zero-order chi connectivity index (χ0) is 18.4. The molecule has 1 saturated heterocycles. The summed E-state index contributed by atoms with van der Waals surface area (Å²) in [5.74, 6) is 0.867. The van der Waals surface area contributed by atoms with Crippen molar-refractivity contribution in [3.05, 3.63) is 16.3 Å². The molecule has 1 aliphatic heterocycles. The van der Waals surface area contributed by atoms with Gasteiger partial charge in [0.25, 0.3) is 0 Å². The van der Waals surface area contributed by atoms with Crippen LogP contribution in [0.15, 0.2) is 5.03 Å². The third kappa shape index (κ3) is 3.98. The van der Waals surface area contributed by atoms with E-state index in [0.29, 0.717) is 12.2 Å². The first-order valence-corrected chi connectivity index (χ1v) is 11.6. The molecule has 9 heteroatoms. The lowest BCUT2D eigenvalue weighted by atomic mass is 10.0. The molecule has 6 nitrogen and oxygen atoms in total. The number of aromatic nitrogens is 2. The minimum Gasteiger partial charge on any atom is -0.349 e. The number of hydrogen-bond acceptors (Lipinski definition) is 7. The fraction of sp³-hybridized carbons (Fsp3) is 0.562. The number of sulfone groups is 1. The summed E-state index contributed by atoms with van der Waals surface area (Å²) in [7, 11) is -3.04. The highest BCUT2D eigenvalue weighted by Crippen LogP contribution is 2.35. The van der Waals surface area contributed by atoms with Crippen LogP contribution in [0.4, 0.5) is 0 Å². The fourth-order valence-corrected chi connectivity index (χ4v) is 7.20. The summed E-state index contributed by atoms with van der Waals surface area (Å²) in [5.41, 5.74) is 0.485. The van der Waals surface area contributed by atoms with Gasteiger partial charge in [0.2, 0.25) is 5.91 Å². The van der Waals surface area contributed by atoms with E-state index in [9.17, 15) is 13.2 Å². The Morgan fingerprint density at radius 3 is 2.68 bits per heavy atom. The summed E-state index contributed by atoms with van der Waals surface area (Å²) < 4.78 is 23.3. The van der Waals surface area contributed by atoms with Crippen molar-refractivity contribution < 1.29 is 13.2 Å². The molecule has 1 amide bonds. The van der Waals surface area contributed by atoms with E-state index in [-0.39, 0.29) is 23.2 Å². The molecule has 0 aliphatic carbocycles. The largest absolute Gasteiger partial charge is 0.349 e. The number of carbonyl (C=O) groups excluding carboxylic acids is 1. The average molecular weight is 400 g/mol. The maximum absolute atomic E-state index is 12.3. The monoisotopic (exact) mass is 399 g/mol. The fourth-order valence-electron chi connectivity index (χ4n) is 3.03. The molecule has 1 aliphatic rings. The first-order valence-electron chi connectivity index (χ1n) is 7.97. The van der Waals surface area contributed by atoms with Crippen LogP contribution in [0, 0.1) is 20.8 Å². The molecule has 0 aromatic carbocycles. The number of thioether (sulfide) groups is 1. The molecule has 2 aromatic heterocycles. The van der Waals surface area contributed by atoms with Crippen LogP contribution in [0.2, 0.25) is 0 Å². The molecule has 136 valence electrons. The Morgan fingerprint density at radius 1 is 1.32 bits per heavy atom. The van der Waals surface area contributed by atoms with Gasteiger partial charge in [-0.3, -0.25) is 4.79 Å². The summed E-state index contributed by atoms with van der Waals surface area (Å²) in [6, 6.07) is 0. The molecule has 0 bridgehead atoms. The second-order valence-electron chi connectivity index (χ2n) is 6.78. The third-order valence-corrected chi connectivity index (χ3v) is 8.37. The zero-order valence-corrected chi connectivity index (χ0v) is 17.1. The van der Waals surface area contributed by atoms with Gasteiger partial charge in [0.15, 0.2) is 9.84 Å². The van der Waals surface area contributed by atoms with Crippen molar-refractivity contribution in [2.75, 3.05) is 17.3 Å². The number of nitrogens with zero attached hydrogens (tertiary/aromatic N) is 2. The van der Waals surface area contributed by atoms with Gasteiger partial charge in [-0.05, 0) is 39.7 Å². The predicted octanol–water partition coefficient (Wildman–Crippen LogP) is 2.40. The molecule has 3 rings (SSSR count). The van der Waals surface area contributed by atoms with Crippen LogP contribution in [-0.2, 0) is 14.6 Å². The predicted molar refractivity (Wildman–Crippen MR) is 102 cm³/mol. The number of hydrogen-bond donors (Lipinski definition) is 1. The van der Waals surface area contributed by atoms with Crippen molar-refractivity contribution >= 4 is 49.1 Å². The quantitative estimate of drug-likeness (QED) is 0.627. The van der Waals surface area contributed by atoms with E-state index in [1.807, 2.05) is 13.8 Å². The van der Waals surface area contributed by atoms with Crippen LogP contribution in [0.3, 0.4) is 0 Å². The Bertz CT molecular complexity index is 952. The van der Waals surface area contributed by atoms with E-state index in [2.05, 4.69) is 22.2 Å². The van der Waals surface area contributed by atoms with Gasteiger partial charge in [0.05, 0.1) is 22.8 Å². The van der Waals surface area contributed by atoms with Gasteiger partial charge >= 0.3 is 0 Å². The highest BCUT2D eigenvalue weighted by molar-refractivity contribution is 8.00. The van der Waals surface area contributed by atoms with Crippen molar-refractivity contribution in [2.24, 2.45) is 0 Å². The Balaban J connectivity index is 1.74. The minimum absolute atomic E-state index is 0.0100. The normalized spacial score (nSPS) is 22.4. The smallest absolute Gasteiger partial charge is 0.230 e. The number of amides is 1. The second kappa shape index (κ2) is 6.51. The highest BCUT2D eigenvalue weighted by Gasteiger charge is 2.39. The Labute approximate surface area is 155 Å². The van der Waals surface area contributed by atoms with Gasteiger partial charge < -0.3 is 5.32 Å². The molecule has 3 heterocycles. The number of fused-ring (bicyclic) bond motifs is 1. The molecule has 0 unspecified atom stereocenters. The summed E-state index contributed by atoms with van der Waals surface area (Å²) >= 11 is 3.01. The first-order chi connectivity index (χ1) is 11.6. The van der Waals surface area contributed by atoms with Gasteiger partial charge in [-0.2, -0.15) is 0 Å². The van der Waals surface area contributed by atoms with Crippen molar-refractivity contribution in [3.8, 4) is 0 Å². The lowest BCUT2D eigenvalue weighted by Crippen LogP contribution is -2.47. The van der Waals surface area contributed by atoms with Crippen LogP contribution in [0.1, 0.15) is 29.6 Å². The van der Waals surface area contributed by atoms with Crippen LogP contribution < -0.4 is 5.32 Å². The van der Waals surface area contributed by atoms with E-state index >= 15 is 0 Å². The number of aryl methyl sites for hydroxylation is 3. The number of nitrogens with one attached hydrogen (secondary N) is 1. The summed E-state index contributed by atoms with van der Waals surface area (Å²) in [6.45, 7) is 7.73. The van der Waals surface area contributed by atoms with Crippen molar-refractivity contribution in [3.63, 3.8) is 0 Å². The standard InChI is InChI=1S/C16H21N3O3S3/c1-9-10(2)24-15-13(9)14(17-11(3)18-15)23-7-12(20)19-16(4)5-6-25(21,22)8-16/h5-8H2,1-4H3,(H,19,20)/t16-/m0/s1. The van der Waals surface area contributed by atoms with Gasteiger partial charge in [-0.25, -0.2) is 18.4 Å². The highest BCUT2D eigenvalue weighted by atomic mass is 32.2. The molecule has 0 radical (unpaired) electrons. The topological polar surface area (TPSA) is 89.0 Å². The van der Waals surface area contributed by atoms with E-state index in [1.165, 1.54) is 16.6 Å². The lowest BCUT2D eigenvalue weighted by Gasteiger charge is -2.23. The molecular formula is C16H21N3O3S3. The van der Waals surface area contributed by atoms with Gasteiger partial charge in [0.1, 0.15) is 15.7 Å². The van der Waals surface area contributed by atoms with E-state index < -0.39 is 15.4 Å². The zero-order valence-electron chi connectivity index (χ0n) is 14.7. The molecule has 2 aromatic rings. The summed E-state index contributed by atoms with van der Waals surface area (Å²) in [6.07, 6.45) is 0.464. The Hall–Kier alpha value is -1.19. The SMILES string of the molecule is Cc1nc(SCC(=O)N[C@@]2(C)CCS(=O)(=O)C2)c2c(C)c(C)sc2n1. The van der Waals surface area contributed by atoms with Crippen molar-refractivity contribution in [1.82, 2.24) is 15.3 Å². The summed E-state index contributed by atoms with van der Waals surface area (Å²) in [5, 5.41) is 4.71. The van der Waals surface area contributed by atoms with Crippen LogP contribution in [-0.4, -0.2) is 47.1 Å².